The second-order valence-electron chi connectivity index (χ2n) is 9.23. The minimum atomic E-state index is -3.55. The van der Waals surface area contributed by atoms with E-state index in [2.05, 4.69) is 17.6 Å². The zero-order chi connectivity index (χ0) is 25.0. The van der Waals surface area contributed by atoms with Gasteiger partial charge in [0, 0.05) is 18.8 Å². The Morgan fingerprint density at radius 3 is 2.49 bits per heavy atom. The molecule has 3 aromatic rings. The maximum absolute atomic E-state index is 12.9. The first-order chi connectivity index (χ1) is 16.7. The van der Waals surface area contributed by atoms with Gasteiger partial charge < -0.3 is 10.6 Å². The summed E-state index contributed by atoms with van der Waals surface area (Å²) < 4.78 is 27.4. The molecule has 2 unspecified atom stereocenters. The van der Waals surface area contributed by atoms with Crippen molar-refractivity contribution in [2.45, 2.75) is 44.0 Å². The molecule has 0 spiro atoms. The topological polar surface area (TPSA) is 95.6 Å². The third-order valence-corrected chi connectivity index (χ3v) is 8.26. The molecule has 0 radical (unpaired) electrons. The Bertz CT molecular complexity index is 1320. The van der Waals surface area contributed by atoms with Gasteiger partial charge in [0.1, 0.15) is 6.04 Å². The summed E-state index contributed by atoms with van der Waals surface area (Å²) in [6, 6.07) is 19.1. The summed E-state index contributed by atoms with van der Waals surface area (Å²) >= 11 is 0. The molecule has 2 N–H and O–H groups in total. The molecule has 35 heavy (non-hydrogen) atoms. The lowest BCUT2D eigenvalue weighted by Crippen LogP contribution is -2.42. The molecule has 8 heteroatoms. The molecule has 0 aliphatic carbocycles. The number of hydrogen-bond acceptors (Lipinski definition) is 4. The van der Waals surface area contributed by atoms with Crippen LogP contribution in [0.3, 0.4) is 0 Å². The fraction of sp³-hybridized carbons (Fsp3) is 0.333. The van der Waals surface area contributed by atoms with Crippen LogP contribution >= 0.6 is 0 Å². The number of carbonyl (C=O) groups is 2. The molecule has 7 nitrogen and oxygen atoms in total. The third-order valence-electron chi connectivity index (χ3n) is 6.38. The molecule has 3 aromatic carbocycles. The Hall–Kier alpha value is -3.23. The predicted molar refractivity (Wildman–Crippen MR) is 137 cm³/mol. The van der Waals surface area contributed by atoms with E-state index in [0.717, 1.165) is 29.2 Å². The number of fused-ring (bicyclic) bond motifs is 1. The first-order valence-corrected chi connectivity index (χ1v) is 13.3. The maximum atomic E-state index is 12.9. The van der Waals surface area contributed by atoms with Crippen LogP contribution in [0.15, 0.2) is 71.6 Å². The van der Waals surface area contributed by atoms with Crippen LogP contribution in [0.1, 0.15) is 32.3 Å². The molecule has 2 amide bonds. The maximum Gasteiger partial charge on any atom is 0.246 e. The number of carbonyl (C=O) groups excluding carboxylic acids is 2. The fourth-order valence-electron chi connectivity index (χ4n) is 4.45. The summed E-state index contributed by atoms with van der Waals surface area (Å²) in [5, 5.41) is 7.56. The Kier molecular flexibility index (Phi) is 7.52. The van der Waals surface area contributed by atoms with E-state index in [1.54, 1.807) is 19.1 Å². The lowest BCUT2D eigenvalue weighted by Gasteiger charge is -2.30. The van der Waals surface area contributed by atoms with Crippen LogP contribution in [0.2, 0.25) is 0 Å². The summed E-state index contributed by atoms with van der Waals surface area (Å²) in [7, 11) is -3.55. The highest BCUT2D eigenvalue weighted by Crippen LogP contribution is 2.24. The average molecular weight is 494 g/mol. The van der Waals surface area contributed by atoms with Gasteiger partial charge in [-0.2, -0.15) is 4.31 Å². The van der Waals surface area contributed by atoms with Crippen molar-refractivity contribution in [1.29, 1.82) is 0 Å². The normalized spacial score (nSPS) is 17.6. The molecular formula is C27H31N3O4S. The van der Waals surface area contributed by atoms with Crippen molar-refractivity contribution in [2.75, 3.05) is 18.4 Å². The van der Waals surface area contributed by atoms with Crippen LogP contribution in [0.4, 0.5) is 5.69 Å². The van der Waals surface area contributed by atoms with Gasteiger partial charge in [0.05, 0.1) is 11.3 Å². The molecule has 1 fully saturated rings. The van der Waals surface area contributed by atoms with E-state index in [4.69, 9.17) is 0 Å². The van der Waals surface area contributed by atoms with Gasteiger partial charge in [-0.3, -0.25) is 9.59 Å². The molecule has 1 saturated heterocycles. The van der Waals surface area contributed by atoms with Crippen molar-refractivity contribution in [3.05, 3.63) is 72.3 Å². The molecule has 0 aromatic heterocycles. The number of hydrogen-bond donors (Lipinski definition) is 2. The van der Waals surface area contributed by atoms with Crippen LogP contribution in [0, 0.1) is 5.92 Å². The average Bonchev–Trinajstić information content (AvgIpc) is 2.84. The van der Waals surface area contributed by atoms with Gasteiger partial charge in [-0.05, 0) is 66.3 Å². The molecule has 1 heterocycles. The van der Waals surface area contributed by atoms with Gasteiger partial charge in [0.2, 0.25) is 21.8 Å². The summed E-state index contributed by atoms with van der Waals surface area (Å²) in [6.45, 7) is 4.73. The first kappa shape index (κ1) is 24.9. The van der Waals surface area contributed by atoms with Gasteiger partial charge in [-0.25, -0.2) is 8.42 Å². The molecule has 0 saturated carbocycles. The lowest BCUT2D eigenvalue weighted by molar-refractivity contribution is -0.125. The smallest absolute Gasteiger partial charge is 0.246 e. The molecule has 4 rings (SSSR count). The highest BCUT2D eigenvalue weighted by molar-refractivity contribution is 7.89. The molecular weight excluding hydrogens is 462 g/mol. The number of anilines is 1. The monoisotopic (exact) mass is 493 g/mol. The number of sulfonamides is 1. The molecule has 1 aliphatic heterocycles. The molecule has 1 aliphatic rings. The summed E-state index contributed by atoms with van der Waals surface area (Å²) in [6.07, 6.45) is 2.06. The van der Waals surface area contributed by atoms with Crippen molar-refractivity contribution >= 4 is 38.3 Å². The zero-order valence-corrected chi connectivity index (χ0v) is 20.8. The zero-order valence-electron chi connectivity index (χ0n) is 20.0. The predicted octanol–water partition coefficient (Wildman–Crippen LogP) is 3.95. The number of amides is 2. The van der Waals surface area contributed by atoms with Gasteiger partial charge in [0.15, 0.2) is 0 Å². The largest absolute Gasteiger partial charge is 0.344 e. The molecule has 2 atom stereocenters. The number of benzene rings is 3. The van der Waals surface area contributed by atoms with Crippen LogP contribution < -0.4 is 10.6 Å². The Balaban J connectivity index is 1.34. The van der Waals surface area contributed by atoms with E-state index >= 15 is 0 Å². The molecule has 0 bridgehead atoms. The van der Waals surface area contributed by atoms with Crippen molar-refractivity contribution < 1.29 is 18.0 Å². The van der Waals surface area contributed by atoms with E-state index in [1.165, 1.54) is 16.4 Å². The van der Waals surface area contributed by atoms with Crippen LogP contribution in [-0.2, 0) is 26.0 Å². The minimum Gasteiger partial charge on any atom is -0.344 e. The first-order valence-electron chi connectivity index (χ1n) is 11.9. The second-order valence-corrected chi connectivity index (χ2v) is 11.2. The third kappa shape index (κ3) is 5.89. The van der Waals surface area contributed by atoms with E-state index < -0.39 is 16.1 Å². The quantitative estimate of drug-likeness (QED) is 0.521. The molecule has 184 valence electrons. The van der Waals surface area contributed by atoms with Gasteiger partial charge in [-0.1, -0.05) is 49.4 Å². The van der Waals surface area contributed by atoms with Crippen LogP contribution in [0.5, 0.6) is 0 Å². The van der Waals surface area contributed by atoms with E-state index in [0.29, 0.717) is 24.7 Å². The van der Waals surface area contributed by atoms with E-state index in [9.17, 15) is 18.0 Å². The van der Waals surface area contributed by atoms with Crippen LogP contribution in [-0.4, -0.2) is 43.7 Å². The highest BCUT2D eigenvalue weighted by Gasteiger charge is 2.28. The Labute approximate surface area is 206 Å². The van der Waals surface area contributed by atoms with Crippen molar-refractivity contribution in [3.8, 4) is 0 Å². The van der Waals surface area contributed by atoms with Crippen molar-refractivity contribution in [1.82, 2.24) is 9.62 Å². The number of nitrogens with zero attached hydrogens (tertiary/aromatic N) is 1. The fourth-order valence-corrected chi connectivity index (χ4v) is 6.05. The van der Waals surface area contributed by atoms with E-state index in [-0.39, 0.29) is 23.1 Å². The lowest BCUT2D eigenvalue weighted by atomic mass is 10.0. The van der Waals surface area contributed by atoms with Gasteiger partial charge in [0.25, 0.3) is 0 Å². The van der Waals surface area contributed by atoms with Gasteiger partial charge >= 0.3 is 0 Å². The number of nitrogens with one attached hydrogen (secondary N) is 2. The number of piperidine rings is 1. The Morgan fingerprint density at radius 2 is 1.74 bits per heavy atom. The Morgan fingerprint density at radius 1 is 1.03 bits per heavy atom. The van der Waals surface area contributed by atoms with Crippen LogP contribution in [0.25, 0.3) is 10.8 Å². The second kappa shape index (κ2) is 10.6. The standard InChI is InChI=1S/C27H31N3O4S/c1-19-7-6-16-30(18-19)35(33,34)24-14-12-23(13-15-24)29-27(32)20(2)28-26(31)17-22-10-5-9-21-8-3-4-11-25(21)22/h3-5,8-15,19-20H,6-7,16-18H2,1-2H3,(H,28,31)(H,29,32). The SMILES string of the molecule is CC1CCCN(S(=O)(=O)c2ccc(NC(=O)C(C)NC(=O)Cc3cccc4ccccc34)cc2)C1. The summed E-state index contributed by atoms with van der Waals surface area (Å²) in [5.41, 5.74) is 1.37. The van der Waals surface area contributed by atoms with Crippen molar-refractivity contribution in [2.24, 2.45) is 5.92 Å². The van der Waals surface area contributed by atoms with Crippen molar-refractivity contribution in [3.63, 3.8) is 0 Å². The summed E-state index contributed by atoms with van der Waals surface area (Å²) in [5.74, 6) is -0.285. The van der Waals surface area contributed by atoms with E-state index in [1.807, 2.05) is 42.5 Å². The van der Waals surface area contributed by atoms with Gasteiger partial charge in [-0.15, -0.1) is 0 Å². The minimum absolute atomic E-state index is 0.167. The number of rotatable bonds is 7. The highest BCUT2D eigenvalue weighted by atomic mass is 32.2. The summed E-state index contributed by atoms with van der Waals surface area (Å²) in [4.78, 5) is 25.4.